The van der Waals surface area contributed by atoms with E-state index >= 15 is 0 Å². The van der Waals surface area contributed by atoms with Gasteiger partial charge in [-0.15, -0.1) is 11.3 Å². The average molecular weight is 324 g/mol. The second-order valence-electron chi connectivity index (χ2n) is 4.31. The Morgan fingerprint density at radius 1 is 1.39 bits per heavy atom. The predicted molar refractivity (Wildman–Crippen MR) is 79.7 cm³/mol. The molecule has 1 aliphatic rings. The SMILES string of the molecule is CCc1ccc2c(c1)NCC(c1ccc(Br)s1)O2. The highest BCUT2D eigenvalue weighted by Crippen LogP contribution is 2.37. The second-order valence-corrected chi connectivity index (χ2v) is 6.81. The fourth-order valence-electron chi connectivity index (χ4n) is 2.10. The molecule has 1 unspecified atom stereocenters. The maximum atomic E-state index is 6.06. The van der Waals surface area contributed by atoms with Crippen molar-refractivity contribution in [3.05, 3.63) is 44.6 Å². The van der Waals surface area contributed by atoms with Gasteiger partial charge in [0.15, 0.2) is 6.10 Å². The van der Waals surface area contributed by atoms with Crippen LogP contribution in [-0.2, 0) is 6.42 Å². The minimum atomic E-state index is 0.112. The summed E-state index contributed by atoms with van der Waals surface area (Å²) in [4.78, 5) is 1.25. The molecule has 94 valence electrons. The Morgan fingerprint density at radius 3 is 3.00 bits per heavy atom. The topological polar surface area (TPSA) is 21.3 Å². The molecule has 2 aromatic rings. The molecule has 1 aliphatic heterocycles. The Hall–Kier alpha value is -1.000. The summed E-state index contributed by atoms with van der Waals surface area (Å²) in [5.74, 6) is 0.952. The van der Waals surface area contributed by atoms with Crippen molar-refractivity contribution in [3.8, 4) is 5.75 Å². The fraction of sp³-hybridized carbons (Fsp3) is 0.286. The molecule has 0 saturated heterocycles. The minimum Gasteiger partial charge on any atom is -0.481 e. The highest BCUT2D eigenvalue weighted by Gasteiger charge is 2.22. The number of fused-ring (bicyclic) bond motifs is 1. The van der Waals surface area contributed by atoms with Gasteiger partial charge in [0.05, 0.1) is 16.0 Å². The van der Waals surface area contributed by atoms with Crippen molar-refractivity contribution in [1.82, 2.24) is 0 Å². The molecule has 0 fully saturated rings. The lowest BCUT2D eigenvalue weighted by Gasteiger charge is -2.27. The highest BCUT2D eigenvalue weighted by molar-refractivity contribution is 9.11. The van der Waals surface area contributed by atoms with E-state index in [1.807, 2.05) is 0 Å². The third-order valence-electron chi connectivity index (χ3n) is 3.11. The largest absolute Gasteiger partial charge is 0.481 e. The molecule has 1 atom stereocenters. The summed E-state index contributed by atoms with van der Waals surface area (Å²) in [6.07, 6.45) is 1.16. The molecule has 1 aromatic heterocycles. The summed E-state index contributed by atoms with van der Waals surface area (Å²) in [5, 5.41) is 3.46. The third-order valence-corrected chi connectivity index (χ3v) is 4.83. The van der Waals surface area contributed by atoms with Crippen molar-refractivity contribution >= 4 is 33.0 Å². The number of anilines is 1. The zero-order valence-electron chi connectivity index (χ0n) is 10.1. The van der Waals surface area contributed by atoms with Crippen LogP contribution in [0.15, 0.2) is 34.1 Å². The molecule has 0 spiro atoms. The number of ether oxygens (including phenoxy) is 1. The monoisotopic (exact) mass is 323 g/mol. The van der Waals surface area contributed by atoms with Crippen LogP contribution in [-0.4, -0.2) is 6.54 Å². The normalized spacial score (nSPS) is 17.8. The fourth-order valence-corrected chi connectivity index (χ4v) is 3.55. The lowest BCUT2D eigenvalue weighted by molar-refractivity contribution is 0.214. The van der Waals surface area contributed by atoms with Gasteiger partial charge < -0.3 is 10.1 Å². The van der Waals surface area contributed by atoms with Crippen molar-refractivity contribution in [2.45, 2.75) is 19.4 Å². The van der Waals surface area contributed by atoms with Gasteiger partial charge in [-0.05, 0) is 52.2 Å². The predicted octanol–water partition coefficient (Wildman–Crippen LogP) is 4.62. The smallest absolute Gasteiger partial charge is 0.150 e. The summed E-state index contributed by atoms with van der Waals surface area (Å²) < 4.78 is 7.20. The molecule has 1 aromatic carbocycles. The van der Waals surface area contributed by atoms with Crippen molar-refractivity contribution in [3.63, 3.8) is 0 Å². The molecule has 0 saturated carbocycles. The molecule has 0 amide bonds. The van der Waals surface area contributed by atoms with Crippen LogP contribution in [0.25, 0.3) is 0 Å². The molecular formula is C14H14BrNOS. The Kier molecular flexibility index (Phi) is 3.31. The summed E-state index contributed by atoms with van der Waals surface area (Å²) in [7, 11) is 0. The molecule has 0 radical (unpaired) electrons. The number of rotatable bonds is 2. The number of aryl methyl sites for hydroxylation is 1. The maximum Gasteiger partial charge on any atom is 0.150 e. The first kappa shape index (κ1) is 12.1. The van der Waals surface area contributed by atoms with Crippen LogP contribution in [0, 0.1) is 0 Å². The molecule has 0 aliphatic carbocycles. The first-order valence-electron chi connectivity index (χ1n) is 6.05. The summed E-state index contributed by atoms with van der Waals surface area (Å²) >= 11 is 5.22. The molecule has 2 nitrogen and oxygen atoms in total. The minimum absolute atomic E-state index is 0.112. The Morgan fingerprint density at radius 2 is 2.28 bits per heavy atom. The van der Waals surface area contributed by atoms with Crippen LogP contribution in [0.2, 0.25) is 0 Å². The highest BCUT2D eigenvalue weighted by atomic mass is 79.9. The Labute approximate surface area is 119 Å². The van der Waals surface area contributed by atoms with E-state index in [4.69, 9.17) is 4.74 Å². The first-order chi connectivity index (χ1) is 8.76. The van der Waals surface area contributed by atoms with Gasteiger partial charge in [-0.2, -0.15) is 0 Å². The number of hydrogen-bond acceptors (Lipinski definition) is 3. The van der Waals surface area contributed by atoms with Crippen LogP contribution >= 0.6 is 27.3 Å². The molecule has 3 rings (SSSR count). The van der Waals surface area contributed by atoms with Crippen molar-refractivity contribution in [1.29, 1.82) is 0 Å². The van der Waals surface area contributed by atoms with E-state index in [9.17, 15) is 0 Å². The summed E-state index contributed by atoms with van der Waals surface area (Å²) in [5.41, 5.74) is 2.45. The zero-order valence-corrected chi connectivity index (χ0v) is 12.5. The standard InChI is InChI=1S/C14H14BrNOS/c1-2-9-3-4-11-10(7-9)16-8-12(17-11)13-5-6-14(15)18-13/h3-7,12,16H,2,8H2,1H3. The van der Waals surface area contributed by atoms with Crippen molar-refractivity contribution < 1.29 is 4.74 Å². The molecule has 4 heteroatoms. The Bertz CT molecular complexity index is 567. The lowest BCUT2D eigenvalue weighted by atomic mass is 10.1. The molecular weight excluding hydrogens is 310 g/mol. The second kappa shape index (κ2) is 4.94. The number of halogens is 1. The lowest BCUT2D eigenvalue weighted by Crippen LogP contribution is -2.22. The molecule has 18 heavy (non-hydrogen) atoms. The average Bonchev–Trinajstić information content (AvgIpc) is 2.84. The van der Waals surface area contributed by atoms with E-state index in [1.54, 1.807) is 11.3 Å². The molecule has 1 N–H and O–H groups in total. The van der Waals surface area contributed by atoms with Crippen LogP contribution < -0.4 is 10.1 Å². The van der Waals surface area contributed by atoms with E-state index in [0.29, 0.717) is 0 Å². The van der Waals surface area contributed by atoms with Crippen LogP contribution in [0.1, 0.15) is 23.5 Å². The molecule has 0 bridgehead atoms. The maximum absolute atomic E-state index is 6.06. The summed E-state index contributed by atoms with van der Waals surface area (Å²) in [6.45, 7) is 2.99. The molecule has 2 heterocycles. The van der Waals surface area contributed by atoms with Crippen LogP contribution in [0.4, 0.5) is 5.69 Å². The van der Waals surface area contributed by atoms with Gasteiger partial charge in [-0.1, -0.05) is 13.0 Å². The van der Waals surface area contributed by atoms with Gasteiger partial charge >= 0.3 is 0 Å². The zero-order chi connectivity index (χ0) is 12.5. The van der Waals surface area contributed by atoms with Crippen molar-refractivity contribution in [2.24, 2.45) is 0 Å². The van der Waals surface area contributed by atoms with E-state index in [1.165, 1.54) is 10.4 Å². The van der Waals surface area contributed by atoms with Gasteiger partial charge in [0.25, 0.3) is 0 Å². The van der Waals surface area contributed by atoms with Crippen LogP contribution in [0.5, 0.6) is 5.75 Å². The summed E-state index contributed by atoms with van der Waals surface area (Å²) in [6, 6.07) is 10.6. The van der Waals surface area contributed by atoms with Gasteiger partial charge in [0.1, 0.15) is 5.75 Å². The number of thiophene rings is 1. The van der Waals surface area contributed by atoms with E-state index in [-0.39, 0.29) is 6.10 Å². The third kappa shape index (κ3) is 2.27. The van der Waals surface area contributed by atoms with Gasteiger partial charge in [-0.3, -0.25) is 0 Å². The Balaban J connectivity index is 1.85. The van der Waals surface area contributed by atoms with Crippen molar-refractivity contribution in [2.75, 3.05) is 11.9 Å². The van der Waals surface area contributed by atoms with E-state index < -0.39 is 0 Å². The quantitative estimate of drug-likeness (QED) is 0.870. The van der Waals surface area contributed by atoms with E-state index in [2.05, 4.69) is 58.5 Å². The first-order valence-corrected chi connectivity index (χ1v) is 7.66. The number of benzene rings is 1. The van der Waals surface area contributed by atoms with Gasteiger partial charge in [-0.25, -0.2) is 0 Å². The van der Waals surface area contributed by atoms with Gasteiger partial charge in [0.2, 0.25) is 0 Å². The number of hydrogen-bond donors (Lipinski definition) is 1. The van der Waals surface area contributed by atoms with Crippen LogP contribution in [0.3, 0.4) is 0 Å². The van der Waals surface area contributed by atoms with E-state index in [0.717, 1.165) is 28.2 Å². The van der Waals surface area contributed by atoms with Gasteiger partial charge in [0, 0.05) is 4.88 Å². The number of nitrogens with one attached hydrogen (secondary N) is 1.